The van der Waals surface area contributed by atoms with Crippen LogP contribution in [0, 0.1) is 5.41 Å². The fourth-order valence-corrected chi connectivity index (χ4v) is 1.32. The summed E-state index contributed by atoms with van der Waals surface area (Å²) in [7, 11) is 7.98. The quantitative estimate of drug-likeness (QED) is 0.500. The lowest BCUT2D eigenvalue weighted by molar-refractivity contribution is 0.313. The van der Waals surface area contributed by atoms with Crippen LogP contribution in [-0.2, 0) is 0 Å². The van der Waals surface area contributed by atoms with Gasteiger partial charge in [0.2, 0.25) is 0 Å². The molecule has 0 aliphatic carbocycles. The van der Waals surface area contributed by atoms with Crippen molar-refractivity contribution in [2.24, 2.45) is 10.4 Å². The van der Waals surface area contributed by atoms with Gasteiger partial charge >= 0.3 is 0 Å². The Morgan fingerprint density at radius 2 is 1.64 bits per heavy atom. The van der Waals surface area contributed by atoms with E-state index in [1.165, 1.54) is 6.42 Å². The van der Waals surface area contributed by atoms with Gasteiger partial charge in [0, 0.05) is 34.7 Å². The van der Waals surface area contributed by atoms with E-state index in [2.05, 4.69) is 37.7 Å². The van der Waals surface area contributed by atoms with Gasteiger partial charge in [0.1, 0.15) is 0 Å². The minimum atomic E-state index is 0.388. The van der Waals surface area contributed by atoms with Gasteiger partial charge in [-0.15, -0.1) is 0 Å². The monoisotopic (exact) mass is 199 g/mol. The van der Waals surface area contributed by atoms with Gasteiger partial charge in [-0.1, -0.05) is 20.8 Å². The Hall–Kier alpha value is -0.730. The van der Waals surface area contributed by atoms with Crippen LogP contribution in [0.3, 0.4) is 0 Å². The summed E-state index contributed by atoms with van der Waals surface area (Å²) in [5.41, 5.74) is 0.388. The molecule has 0 rings (SSSR count). The zero-order chi connectivity index (χ0) is 11.4. The first-order valence-electron chi connectivity index (χ1n) is 5.13. The van der Waals surface area contributed by atoms with Crippen LogP contribution >= 0.6 is 0 Å². The zero-order valence-corrected chi connectivity index (χ0v) is 10.8. The van der Waals surface area contributed by atoms with E-state index in [4.69, 9.17) is 0 Å². The molecule has 0 spiro atoms. The first-order chi connectivity index (χ1) is 6.28. The third-order valence-corrected chi connectivity index (χ3v) is 2.14. The molecule has 0 N–H and O–H groups in total. The third kappa shape index (κ3) is 5.10. The first kappa shape index (κ1) is 13.3. The average Bonchev–Trinajstić information content (AvgIpc) is 2.00. The maximum absolute atomic E-state index is 4.26. The Labute approximate surface area is 88.8 Å². The average molecular weight is 199 g/mol. The van der Waals surface area contributed by atoms with E-state index in [1.54, 1.807) is 0 Å². The van der Waals surface area contributed by atoms with Crippen LogP contribution in [0.1, 0.15) is 27.2 Å². The maximum atomic E-state index is 4.26. The molecule has 0 fully saturated rings. The topological polar surface area (TPSA) is 18.8 Å². The second kappa shape index (κ2) is 5.23. The minimum absolute atomic E-state index is 0.388. The standard InChI is InChI=1S/C11H25N3/c1-11(2,3)8-9-14(7)10(12-4)13(5)6/h8-9H2,1-7H3/b12-10-. The van der Waals surface area contributed by atoms with Crippen molar-refractivity contribution in [2.75, 3.05) is 34.7 Å². The molecule has 0 amide bonds. The fourth-order valence-electron chi connectivity index (χ4n) is 1.32. The summed E-state index contributed by atoms with van der Waals surface area (Å²) in [5, 5.41) is 0. The van der Waals surface area contributed by atoms with E-state index in [1.807, 2.05) is 26.0 Å². The summed E-state index contributed by atoms with van der Waals surface area (Å²) in [6.45, 7) is 7.84. The number of aliphatic imine (C=N–C) groups is 1. The molecule has 0 atom stereocenters. The van der Waals surface area contributed by atoms with E-state index in [0.717, 1.165) is 12.5 Å². The molecule has 14 heavy (non-hydrogen) atoms. The summed E-state index contributed by atoms with van der Waals surface area (Å²) in [6, 6.07) is 0. The number of rotatable bonds is 2. The van der Waals surface area contributed by atoms with Gasteiger partial charge in [0.05, 0.1) is 0 Å². The molecule has 0 aliphatic heterocycles. The SMILES string of the molecule is C/N=C(/N(C)C)N(C)CCC(C)(C)C. The van der Waals surface area contributed by atoms with Crippen LogP contribution in [0.25, 0.3) is 0 Å². The first-order valence-corrected chi connectivity index (χ1v) is 5.13. The molecule has 3 nitrogen and oxygen atoms in total. The maximum Gasteiger partial charge on any atom is 0.195 e. The normalized spacial score (nSPS) is 12.9. The smallest absolute Gasteiger partial charge is 0.195 e. The molecule has 0 aliphatic rings. The van der Waals surface area contributed by atoms with E-state index in [0.29, 0.717) is 5.41 Å². The Kier molecular flexibility index (Phi) is 4.95. The Balaban J connectivity index is 4.14. The van der Waals surface area contributed by atoms with Crippen LogP contribution < -0.4 is 0 Å². The highest BCUT2D eigenvalue weighted by molar-refractivity contribution is 5.79. The second-order valence-electron chi connectivity index (χ2n) is 5.15. The summed E-state index contributed by atoms with van der Waals surface area (Å²) in [5.74, 6) is 1.04. The van der Waals surface area contributed by atoms with E-state index >= 15 is 0 Å². The molecule has 0 saturated carbocycles. The van der Waals surface area contributed by atoms with Gasteiger partial charge in [-0.25, -0.2) is 0 Å². The molecule has 0 saturated heterocycles. The van der Waals surface area contributed by atoms with Gasteiger partial charge in [0.15, 0.2) is 5.96 Å². The summed E-state index contributed by atoms with van der Waals surface area (Å²) < 4.78 is 0. The lowest BCUT2D eigenvalue weighted by Crippen LogP contribution is -2.39. The molecule has 84 valence electrons. The van der Waals surface area contributed by atoms with Crippen molar-refractivity contribution >= 4 is 5.96 Å². The van der Waals surface area contributed by atoms with Crippen LogP contribution in [0.5, 0.6) is 0 Å². The fraction of sp³-hybridized carbons (Fsp3) is 0.909. The van der Waals surface area contributed by atoms with Crippen molar-refractivity contribution in [1.82, 2.24) is 9.80 Å². The lowest BCUT2D eigenvalue weighted by atomic mass is 9.92. The van der Waals surface area contributed by atoms with Crippen molar-refractivity contribution in [3.63, 3.8) is 0 Å². The summed E-state index contributed by atoms with van der Waals surface area (Å²) in [6.07, 6.45) is 1.18. The van der Waals surface area contributed by atoms with Crippen molar-refractivity contribution in [2.45, 2.75) is 27.2 Å². The number of nitrogens with zero attached hydrogens (tertiary/aromatic N) is 3. The van der Waals surface area contributed by atoms with E-state index < -0.39 is 0 Å². The van der Waals surface area contributed by atoms with E-state index in [9.17, 15) is 0 Å². The van der Waals surface area contributed by atoms with Crippen LogP contribution in [0.4, 0.5) is 0 Å². The number of hydrogen-bond acceptors (Lipinski definition) is 1. The molecule has 0 aromatic heterocycles. The Bertz CT molecular complexity index is 189. The van der Waals surface area contributed by atoms with Gasteiger partial charge in [-0.3, -0.25) is 4.99 Å². The molecule has 3 heteroatoms. The molecule has 0 unspecified atom stereocenters. The third-order valence-electron chi connectivity index (χ3n) is 2.14. The highest BCUT2D eigenvalue weighted by atomic mass is 15.3. The van der Waals surface area contributed by atoms with Crippen molar-refractivity contribution in [3.05, 3.63) is 0 Å². The molecular formula is C11H25N3. The largest absolute Gasteiger partial charge is 0.349 e. The second-order valence-corrected chi connectivity index (χ2v) is 5.15. The van der Waals surface area contributed by atoms with Gasteiger partial charge in [-0.2, -0.15) is 0 Å². The van der Waals surface area contributed by atoms with Crippen molar-refractivity contribution < 1.29 is 0 Å². The van der Waals surface area contributed by atoms with Gasteiger partial charge < -0.3 is 9.80 Å². The Morgan fingerprint density at radius 1 is 1.14 bits per heavy atom. The van der Waals surface area contributed by atoms with Crippen molar-refractivity contribution in [3.8, 4) is 0 Å². The highest BCUT2D eigenvalue weighted by Crippen LogP contribution is 2.18. The molecule has 0 radical (unpaired) electrons. The van der Waals surface area contributed by atoms with Crippen LogP contribution in [0.2, 0.25) is 0 Å². The minimum Gasteiger partial charge on any atom is -0.349 e. The number of hydrogen-bond donors (Lipinski definition) is 0. The molecule has 0 aromatic rings. The molecule has 0 heterocycles. The van der Waals surface area contributed by atoms with Crippen LogP contribution in [0.15, 0.2) is 4.99 Å². The van der Waals surface area contributed by atoms with Gasteiger partial charge in [0.25, 0.3) is 0 Å². The van der Waals surface area contributed by atoms with E-state index in [-0.39, 0.29) is 0 Å². The van der Waals surface area contributed by atoms with Crippen molar-refractivity contribution in [1.29, 1.82) is 0 Å². The predicted molar refractivity (Wildman–Crippen MR) is 63.7 cm³/mol. The highest BCUT2D eigenvalue weighted by Gasteiger charge is 2.13. The predicted octanol–water partition coefficient (Wildman–Crippen LogP) is 1.90. The lowest BCUT2D eigenvalue weighted by Gasteiger charge is -2.29. The molecular weight excluding hydrogens is 174 g/mol. The summed E-state index contributed by atoms with van der Waals surface area (Å²) >= 11 is 0. The number of guanidine groups is 1. The zero-order valence-electron chi connectivity index (χ0n) is 10.8. The summed E-state index contributed by atoms with van der Waals surface area (Å²) in [4.78, 5) is 8.50. The van der Waals surface area contributed by atoms with Crippen LogP contribution in [-0.4, -0.2) is 50.5 Å². The molecule has 0 bridgehead atoms. The molecule has 0 aromatic carbocycles. The van der Waals surface area contributed by atoms with Gasteiger partial charge in [-0.05, 0) is 11.8 Å². The Morgan fingerprint density at radius 3 is 1.93 bits per heavy atom.